The highest BCUT2D eigenvalue weighted by atomic mass is 19.4. The van der Waals surface area contributed by atoms with Crippen LogP contribution in [-0.2, 0) is 6.18 Å². The minimum atomic E-state index is -5.18. The number of nitrogens with zero attached hydrogens (tertiary/aromatic N) is 1. The van der Waals surface area contributed by atoms with E-state index >= 15 is 0 Å². The minimum Gasteiger partial charge on any atom is -0.492 e. The first kappa shape index (κ1) is 18.4. The number of pyridine rings is 1. The standard InChI is InChI=1S/C14H8F6N2O3/c1-25-12-9(21)8(17)10(22-11(12)13(23)24)4-2-3-5(14(18,19)20)7(16)6(4)15/h2-3H,1H3,(H2,21,22)(H,23,24). The molecule has 1 aromatic carbocycles. The summed E-state index contributed by atoms with van der Waals surface area (Å²) in [5.74, 6) is -8.20. The van der Waals surface area contributed by atoms with Gasteiger partial charge in [0.05, 0.1) is 12.7 Å². The minimum absolute atomic E-state index is 0.176. The second-order valence-corrected chi connectivity index (χ2v) is 4.66. The van der Waals surface area contributed by atoms with Crippen molar-refractivity contribution in [3.63, 3.8) is 0 Å². The molecule has 2 rings (SSSR count). The molecule has 0 radical (unpaired) electrons. The van der Waals surface area contributed by atoms with Crippen molar-refractivity contribution in [1.82, 2.24) is 4.98 Å². The topological polar surface area (TPSA) is 85.4 Å². The van der Waals surface area contributed by atoms with Crippen LogP contribution in [0.3, 0.4) is 0 Å². The molecule has 0 aliphatic heterocycles. The fourth-order valence-corrected chi connectivity index (χ4v) is 2.05. The maximum absolute atomic E-state index is 14.3. The van der Waals surface area contributed by atoms with E-state index in [1.807, 2.05) is 0 Å². The lowest BCUT2D eigenvalue weighted by atomic mass is 10.0. The van der Waals surface area contributed by atoms with Crippen LogP contribution >= 0.6 is 0 Å². The van der Waals surface area contributed by atoms with E-state index < -0.39 is 63.5 Å². The van der Waals surface area contributed by atoms with Crippen molar-refractivity contribution >= 4 is 11.7 Å². The number of alkyl halides is 3. The average molecular weight is 366 g/mol. The van der Waals surface area contributed by atoms with Crippen LogP contribution in [0.1, 0.15) is 16.1 Å². The van der Waals surface area contributed by atoms with Gasteiger partial charge >= 0.3 is 12.1 Å². The molecule has 0 unspecified atom stereocenters. The Kier molecular flexibility index (Phi) is 4.51. The van der Waals surface area contributed by atoms with Gasteiger partial charge in [0.1, 0.15) is 11.4 Å². The first-order valence-corrected chi connectivity index (χ1v) is 6.32. The van der Waals surface area contributed by atoms with E-state index in [2.05, 4.69) is 9.72 Å². The number of rotatable bonds is 3. The molecule has 1 heterocycles. The van der Waals surface area contributed by atoms with Crippen molar-refractivity contribution in [3.8, 4) is 17.0 Å². The zero-order valence-electron chi connectivity index (χ0n) is 12.2. The molecule has 1 aromatic heterocycles. The van der Waals surface area contributed by atoms with Gasteiger partial charge in [-0.2, -0.15) is 13.2 Å². The quantitative estimate of drug-likeness (QED) is 0.813. The first-order valence-electron chi connectivity index (χ1n) is 6.32. The van der Waals surface area contributed by atoms with E-state index in [4.69, 9.17) is 10.8 Å². The number of methoxy groups -OCH3 is 1. The molecular formula is C14H8F6N2O3. The molecule has 0 atom stereocenters. The number of anilines is 1. The Bertz CT molecular complexity index is 867. The van der Waals surface area contributed by atoms with E-state index in [1.54, 1.807) is 0 Å². The number of aromatic nitrogens is 1. The molecule has 0 fully saturated rings. The fourth-order valence-electron chi connectivity index (χ4n) is 2.05. The number of carboxylic acids is 1. The molecule has 134 valence electrons. The first-order chi connectivity index (χ1) is 11.5. The van der Waals surface area contributed by atoms with Crippen LogP contribution in [0.15, 0.2) is 12.1 Å². The maximum atomic E-state index is 14.3. The summed E-state index contributed by atoms with van der Waals surface area (Å²) in [5, 5.41) is 9.02. The smallest absolute Gasteiger partial charge is 0.419 e. The van der Waals surface area contributed by atoms with Crippen LogP contribution in [0.4, 0.5) is 32.0 Å². The van der Waals surface area contributed by atoms with Gasteiger partial charge in [0.15, 0.2) is 28.9 Å². The average Bonchev–Trinajstić information content (AvgIpc) is 2.51. The van der Waals surface area contributed by atoms with Crippen molar-refractivity contribution in [2.75, 3.05) is 12.8 Å². The van der Waals surface area contributed by atoms with Crippen LogP contribution in [0, 0.1) is 17.5 Å². The van der Waals surface area contributed by atoms with E-state index in [0.29, 0.717) is 6.07 Å². The molecule has 3 N–H and O–H groups in total. The van der Waals surface area contributed by atoms with E-state index in [0.717, 1.165) is 7.11 Å². The summed E-state index contributed by atoms with van der Waals surface area (Å²) in [6.07, 6.45) is -5.18. The predicted molar refractivity (Wildman–Crippen MR) is 72.5 cm³/mol. The number of aromatic carboxylic acids is 1. The third kappa shape index (κ3) is 3.04. The Labute approximate surface area is 135 Å². The largest absolute Gasteiger partial charge is 0.492 e. The Balaban J connectivity index is 2.80. The van der Waals surface area contributed by atoms with Gasteiger partial charge in [0.25, 0.3) is 0 Å². The summed E-state index contributed by atoms with van der Waals surface area (Å²) in [4.78, 5) is 14.4. The van der Waals surface area contributed by atoms with Crippen molar-refractivity contribution in [3.05, 3.63) is 40.8 Å². The molecule has 11 heteroatoms. The molecule has 0 spiro atoms. The van der Waals surface area contributed by atoms with E-state index in [1.165, 1.54) is 0 Å². The molecule has 2 aromatic rings. The second kappa shape index (κ2) is 6.15. The zero-order valence-corrected chi connectivity index (χ0v) is 12.2. The molecule has 0 aliphatic rings. The summed E-state index contributed by atoms with van der Waals surface area (Å²) < 4.78 is 84.2. The number of ether oxygens (including phenoxy) is 1. The maximum Gasteiger partial charge on any atom is 0.419 e. The Morgan fingerprint density at radius 1 is 1.16 bits per heavy atom. The molecule has 5 nitrogen and oxygen atoms in total. The number of hydrogen-bond acceptors (Lipinski definition) is 4. The highest BCUT2D eigenvalue weighted by molar-refractivity contribution is 5.92. The van der Waals surface area contributed by atoms with Gasteiger partial charge in [-0.25, -0.2) is 22.9 Å². The fraction of sp³-hybridized carbons (Fsp3) is 0.143. The van der Waals surface area contributed by atoms with Crippen molar-refractivity contribution in [1.29, 1.82) is 0 Å². The lowest BCUT2D eigenvalue weighted by Gasteiger charge is -2.14. The van der Waals surface area contributed by atoms with Gasteiger partial charge in [0.2, 0.25) is 0 Å². The lowest BCUT2D eigenvalue weighted by molar-refractivity contribution is -0.140. The van der Waals surface area contributed by atoms with Crippen LogP contribution in [0.5, 0.6) is 5.75 Å². The van der Waals surface area contributed by atoms with Crippen LogP contribution in [0.2, 0.25) is 0 Å². The highest BCUT2D eigenvalue weighted by Crippen LogP contribution is 2.38. The number of hydrogen-bond donors (Lipinski definition) is 2. The molecule has 0 bridgehead atoms. The van der Waals surface area contributed by atoms with Crippen molar-refractivity contribution < 1.29 is 41.0 Å². The predicted octanol–water partition coefficient (Wildman–Crippen LogP) is 3.47. The van der Waals surface area contributed by atoms with Crippen LogP contribution in [-0.4, -0.2) is 23.2 Å². The van der Waals surface area contributed by atoms with Gasteiger partial charge in [-0.1, -0.05) is 0 Å². The number of nitrogen functional groups attached to an aromatic ring is 1. The molecule has 0 saturated heterocycles. The van der Waals surface area contributed by atoms with Gasteiger partial charge in [-0.15, -0.1) is 0 Å². The summed E-state index contributed by atoms with van der Waals surface area (Å²) >= 11 is 0. The number of carbonyl (C=O) groups is 1. The molecule has 25 heavy (non-hydrogen) atoms. The number of nitrogens with two attached hydrogens (primary N) is 1. The summed E-state index contributed by atoms with van der Waals surface area (Å²) in [6.45, 7) is 0. The van der Waals surface area contributed by atoms with Gasteiger partial charge in [0, 0.05) is 5.56 Å². The SMILES string of the molecule is COc1c(C(=O)O)nc(-c2ccc(C(F)(F)F)c(F)c2F)c(F)c1N. The zero-order chi connectivity index (χ0) is 19.1. The van der Waals surface area contributed by atoms with Crippen LogP contribution < -0.4 is 10.5 Å². The number of carboxylic acid groups (broad SMARTS) is 1. The Morgan fingerprint density at radius 2 is 1.76 bits per heavy atom. The van der Waals surface area contributed by atoms with Gasteiger partial charge in [-0.05, 0) is 12.1 Å². The molecule has 0 aliphatic carbocycles. The number of benzene rings is 1. The Hall–Kier alpha value is -2.98. The van der Waals surface area contributed by atoms with E-state index in [-0.39, 0.29) is 6.07 Å². The molecule has 0 amide bonds. The Morgan fingerprint density at radius 3 is 2.24 bits per heavy atom. The van der Waals surface area contributed by atoms with Crippen molar-refractivity contribution in [2.24, 2.45) is 0 Å². The second-order valence-electron chi connectivity index (χ2n) is 4.66. The summed E-state index contributed by atoms with van der Waals surface area (Å²) in [5.41, 5.74) is -0.438. The van der Waals surface area contributed by atoms with Gasteiger partial charge in [-0.3, -0.25) is 0 Å². The lowest BCUT2D eigenvalue weighted by Crippen LogP contribution is -2.13. The van der Waals surface area contributed by atoms with Crippen molar-refractivity contribution in [2.45, 2.75) is 6.18 Å². The number of halogens is 6. The monoisotopic (exact) mass is 366 g/mol. The summed E-state index contributed by atoms with van der Waals surface area (Å²) in [7, 11) is 0.970. The summed E-state index contributed by atoms with van der Waals surface area (Å²) in [6, 6.07) is 0.597. The molecular weight excluding hydrogens is 358 g/mol. The molecule has 0 saturated carbocycles. The van der Waals surface area contributed by atoms with E-state index in [9.17, 15) is 31.1 Å². The highest BCUT2D eigenvalue weighted by Gasteiger charge is 2.37. The van der Waals surface area contributed by atoms with Crippen LogP contribution in [0.25, 0.3) is 11.3 Å². The normalized spacial score (nSPS) is 11.5. The third-order valence-electron chi connectivity index (χ3n) is 3.18. The van der Waals surface area contributed by atoms with Gasteiger partial charge < -0.3 is 15.6 Å². The third-order valence-corrected chi connectivity index (χ3v) is 3.18.